The molecule has 1 aromatic heterocycles. The molecule has 0 fully saturated rings. The van der Waals surface area contributed by atoms with Gasteiger partial charge in [0.2, 0.25) is 0 Å². The van der Waals surface area contributed by atoms with Crippen molar-refractivity contribution < 1.29 is 14.3 Å². The van der Waals surface area contributed by atoms with Crippen LogP contribution in [0.15, 0.2) is 84.0 Å². The highest BCUT2D eigenvalue weighted by Gasteiger charge is 2.09. The van der Waals surface area contributed by atoms with Gasteiger partial charge >= 0.3 is 5.97 Å². The zero-order valence-corrected chi connectivity index (χ0v) is 16.0. The number of nitrogens with zero attached hydrogens (tertiary/aromatic N) is 1. The van der Waals surface area contributed by atoms with Gasteiger partial charge in [-0.05, 0) is 41.5 Å². The maximum Gasteiger partial charge on any atom is 0.325 e. The number of carbonyl (C=O) groups is 2. The first-order chi connectivity index (χ1) is 13.7. The predicted octanol–water partition coefficient (Wildman–Crippen LogP) is 3.85. The summed E-state index contributed by atoms with van der Waals surface area (Å²) in [5.74, 6) is 0.0356. The number of thioether (sulfide) groups is 1. The smallest absolute Gasteiger partial charge is 0.325 e. The quantitative estimate of drug-likeness (QED) is 0.466. The molecule has 0 saturated carbocycles. The fourth-order valence-corrected chi connectivity index (χ4v) is 3.23. The van der Waals surface area contributed by atoms with Gasteiger partial charge in [0.05, 0.1) is 0 Å². The molecule has 1 heterocycles. The second kappa shape index (κ2) is 10.3. The summed E-state index contributed by atoms with van der Waals surface area (Å²) >= 11 is 1.67. The Bertz CT molecular complexity index is 900. The van der Waals surface area contributed by atoms with Crippen LogP contribution in [-0.2, 0) is 21.9 Å². The van der Waals surface area contributed by atoms with Gasteiger partial charge in [0.1, 0.15) is 13.2 Å². The molecular weight excluding hydrogens is 372 g/mol. The Hall–Kier alpha value is -3.12. The molecule has 0 radical (unpaired) electrons. The van der Waals surface area contributed by atoms with Gasteiger partial charge in [-0.2, -0.15) is 0 Å². The van der Waals surface area contributed by atoms with Gasteiger partial charge in [-0.3, -0.25) is 14.6 Å². The van der Waals surface area contributed by atoms with Crippen LogP contribution in [-0.4, -0.2) is 23.4 Å². The Labute approximate surface area is 168 Å². The lowest BCUT2D eigenvalue weighted by atomic mass is 10.2. The molecule has 5 nitrogen and oxygen atoms in total. The Balaban J connectivity index is 1.42. The number of carbonyl (C=O) groups excluding carboxylic acids is 2. The number of benzene rings is 2. The number of ether oxygens (including phenoxy) is 1. The standard InChI is InChI=1S/C22H20N2O3S/c25-21(27-15-17-5-2-1-3-6-17)14-24-22(26)19-8-10-20(11-9-19)28-16-18-7-4-12-23-13-18/h1-13H,14-16H2,(H,24,26). The van der Waals surface area contributed by atoms with E-state index < -0.39 is 5.97 Å². The van der Waals surface area contributed by atoms with Crippen LogP contribution in [0.3, 0.4) is 0 Å². The zero-order chi connectivity index (χ0) is 19.6. The van der Waals surface area contributed by atoms with Crippen LogP contribution >= 0.6 is 11.8 Å². The maximum absolute atomic E-state index is 12.2. The topological polar surface area (TPSA) is 68.3 Å². The lowest BCUT2D eigenvalue weighted by Gasteiger charge is -2.07. The van der Waals surface area contributed by atoms with Crippen molar-refractivity contribution in [2.75, 3.05) is 6.54 Å². The molecule has 142 valence electrons. The number of rotatable bonds is 8. The Morgan fingerprint density at radius 2 is 1.68 bits per heavy atom. The van der Waals surface area contributed by atoms with Crippen molar-refractivity contribution in [1.82, 2.24) is 10.3 Å². The Kier molecular flexibility index (Phi) is 7.21. The van der Waals surface area contributed by atoms with Crippen LogP contribution in [0.5, 0.6) is 0 Å². The van der Waals surface area contributed by atoms with Crippen molar-refractivity contribution >= 4 is 23.6 Å². The fraction of sp³-hybridized carbons (Fsp3) is 0.136. The van der Waals surface area contributed by atoms with E-state index in [0.29, 0.717) is 5.56 Å². The first-order valence-corrected chi connectivity index (χ1v) is 9.79. The van der Waals surface area contributed by atoms with Gasteiger partial charge in [0, 0.05) is 28.6 Å². The second-order valence-electron chi connectivity index (χ2n) is 6.00. The number of hydrogen-bond acceptors (Lipinski definition) is 5. The minimum absolute atomic E-state index is 0.164. The molecule has 0 bridgehead atoms. The van der Waals surface area contributed by atoms with Crippen molar-refractivity contribution in [1.29, 1.82) is 0 Å². The van der Waals surface area contributed by atoms with E-state index in [-0.39, 0.29) is 19.1 Å². The van der Waals surface area contributed by atoms with E-state index in [2.05, 4.69) is 10.3 Å². The van der Waals surface area contributed by atoms with Gasteiger partial charge in [-0.15, -0.1) is 11.8 Å². The van der Waals surface area contributed by atoms with E-state index in [1.807, 2.05) is 60.8 Å². The monoisotopic (exact) mass is 392 g/mol. The number of esters is 1. The van der Waals surface area contributed by atoms with E-state index in [9.17, 15) is 9.59 Å². The molecule has 1 N–H and O–H groups in total. The third-order valence-electron chi connectivity index (χ3n) is 3.88. The average Bonchev–Trinajstić information content (AvgIpc) is 2.76. The number of aromatic nitrogens is 1. The second-order valence-corrected chi connectivity index (χ2v) is 7.05. The van der Waals surface area contributed by atoms with Crippen molar-refractivity contribution in [3.8, 4) is 0 Å². The summed E-state index contributed by atoms with van der Waals surface area (Å²) in [4.78, 5) is 29.1. The highest BCUT2D eigenvalue weighted by Crippen LogP contribution is 2.22. The molecule has 3 rings (SSSR count). The molecule has 3 aromatic rings. The minimum Gasteiger partial charge on any atom is -0.460 e. The highest BCUT2D eigenvalue weighted by atomic mass is 32.2. The Morgan fingerprint density at radius 3 is 2.39 bits per heavy atom. The normalized spacial score (nSPS) is 10.3. The van der Waals surface area contributed by atoms with Crippen molar-refractivity contribution in [2.24, 2.45) is 0 Å². The molecule has 6 heteroatoms. The molecule has 0 unspecified atom stereocenters. The third kappa shape index (κ3) is 6.25. The summed E-state index contributed by atoms with van der Waals surface area (Å²) in [6.07, 6.45) is 3.59. The number of pyridine rings is 1. The van der Waals surface area contributed by atoms with Crippen LogP contribution in [0, 0.1) is 0 Å². The van der Waals surface area contributed by atoms with E-state index in [1.54, 1.807) is 30.1 Å². The molecule has 28 heavy (non-hydrogen) atoms. The van der Waals surface area contributed by atoms with Gasteiger partial charge < -0.3 is 10.1 Å². The summed E-state index contributed by atoms with van der Waals surface area (Å²) in [6.45, 7) is 0.0293. The third-order valence-corrected chi connectivity index (χ3v) is 4.96. The lowest BCUT2D eigenvalue weighted by molar-refractivity contribution is -0.143. The Morgan fingerprint density at radius 1 is 0.929 bits per heavy atom. The number of amides is 1. The van der Waals surface area contributed by atoms with E-state index in [0.717, 1.165) is 21.8 Å². The number of hydrogen-bond donors (Lipinski definition) is 1. The van der Waals surface area contributed by atoms with Gasteiger partial charge in [0.25, 0.3) is 5.91 Å². The largest absolute Gasteiger partial charge is 0.460 e. The van der Waals surface area contributed by atoms with Gasteiger partial charge in [0.15, 0.2) is 0 Å². The summed E-state index contributed by atoms with van der Waals surface area (Å²) < 4.78 is 5.15. The molecule has 0 aliphatic carbocycles. The number of nitrogens with one attached hydrogen (secondary N) is 1. The summed E-state index contributed by atoms with van der Waals surface area (Å²) in [7, 11) is 0. The molecular formula is C22H20N2O3S. The SMILES string of the molecule is O=C(CNC(=O)c1ccc(SCc2cccnc2)cc1)OCc1ccccc1. The molecule has 1 amide bonds. The molecule has 0 atom stereocenters. The van der Waals surface area contributed by atoms with Crippen LogP contribution in [0.25, 0.3) is 0 Å². The van der Waals surface area contributed by atoms with Crippen molar-refractivity contribution in [3.05, 3.63) is 95.8 Å². The lowest BCUT2D eigenvalue weighted by Crippen LogP contribution is -2.30. The van der Waals surface area contributed by atoms with E-state index in [4.69, 9.17) is 4.74 Å². The molecule has 0 aliphatic heterocycles. The minimum atomic E-state index is -0.471. The molecule has 0 saturated heterocycles. The van der Waals surface area contributed by atoms with Crippen LogP contribution in [0.2, 0.25) is 0 Å². The van der Waals surface area contributed by atoms with Crippen LogP contribution in [0.1, 0.15) is 21.5 Å². The van der Waals surface area contributed by atoms with E-state index in [1.165, 1.54) is 0 Å². The highest BCUT2D eigenvalue weighted by molar-refractivity contribution is 7.98. The summed E-state index contributed by atoms with van der Waals surface area (Å²) in [5.41, 5.74) is 2.55. The molecule has 2 aromatic carbocycles. The summed E-state index contributed by atoms with van der Waals surface area (Å²) in [5, 5.41) is 2.58. The van der Waals surface area contributed by atoms with Crippen LogP contribution < -0.4 is 5.32 Å². The van der Waals surface area contributed by atoms with Crippen molar-refractivity contribution in [3.63, 3.8) is 0 Å². The van der Waals surface area contributed by atoms with Gasteiger partial charge in [-0.25, -0.2) is 0 Å². The van der Waals surface area contributed by atoms with E-state index >= 15 is 0 Å². The van der Waals surface area contributed by atoms with Gasteiger partial charge in [-0.1, -0.05) is 36.4 Å². The van der Waals surface area contributed by atoms with Crippen molar-refractivity contribution in [2.45, 2.75) is 17.3 Å². The molecule has 0 aliphatic rings. The average molecular weight is 392 g/mol. The molecule has 0 spiro atoms. The zero-order valence-electron chi connectivity index (χ0n) is 15.2. The first kappa shape index (κ1) is 19.6. The fourth-order valence-electron chi connectivity index (χ4n) is 2.40. The van der Waals surface area contributed by atoms with Crippen LogP contribution in [0.4, 0.5) is 0 Å². The first-order valence-electron chi connectivity index (χ1n) is 8.80. The summed E-state index contributed by atoms with van der Waals surface area (Å²) in [6, 6.07) is 20.6. The predicted molar refractivity (Wildman–Crippen MR) is 109 cm³/mol. The maximum atomic E-state index is 12.2.